The summed E-state index contributed by atoms with van der Waals surface area (Å²) in [6, 6.07) is 0.101. The molecule has 1 heterocycles. The van der Waals surface area contributed by atoms with Crippen LogP contribution in [0.1, 0.15) is 52.4 Å². The molecule has 1 atom stereocenters. The number of piperidine rings is 1. The lowest BCUT2D eigenvalue weighted by molar-refractivity contribution is -0.134. The molecule has 1 aliphatic carbocycles. The second-order valence-electron chi connectivity index (χ2n) is 7.22. The molecule has 6 heteroatoms. The minimum Gasteiger partial charge on any atom is -0.342 e. The zero-order valence-electron chi connectivity index (χ0n) is 13.2. The molecule has 0 radical (unpaired) electrons. The van der Waals surface area contributed by atoms with Gasteiger partial charge >= 0.3 is 0 Å². The molecule has 122 valence electrons. The third-order valence-corrected chi connectivity index (χ3v) is 7.34. The van der Waals surface area contributed by atoms with Crippen LogP contribution in [0.5, 0.6) is 0 Å². The van der Waals surface area contributed by atoms with Gasteiger partial charge in [-0.25, -0.2) is 8.42 Å². The van der Waals surface area contributed by atoms with Gasteiger partial charge in [0.1, 0.15) is 0 Å². The summed E-state index contributed by atoms with van der Waals surface area (Å²) >= 11 is 0. The second-order valence-corrected chi connectivity index (χ2v) is 9.62. The van der Waals surface area contributed by atoms with E-state index in [4.69, 9.17) is 5.73 Å². The van der Waals surface area contributed by atoms with Gasteiger partial charge in [0.15, 0.2) is 9.84 Å². The van der Waals surface area contributed by atoms with Crippen LogP contribution in [-0.4, -0.2) is 49.4 Å². The first-order chi connectivity index (χ1) is 9.72. The molecule has 0 aromatic heterocycles. The van der Waals surface area contributed by atoms with E-state index in [1.54, 1.807) is 4.90 Å². The normalized spacial score (nSPS) is 27.0. The molecule has 1 saturated carbocycles. The smallest absolute Gasteiger partial charge is 0.223 e. The Hall–Kier alpha value is -0.620. The predicted molar refractivity (Wildman–Crippen MR) is 83.6 cm³/mol. The van der Waals surface area contributed by atoms with E-state index in [0.29, 0.717) is 13.1 Å². The van der Waals surface area contributed by atoms with Crippen LogP contribution in [0.4, 0.5) is 0 Å². The Morgan fingerprint density at radius 2 is 1.86 bits per heavy atom. The Morgan fingerprint density at radius 3 is 2.43 bits per heavy atom. The molecule has 2 N–H and O–H groups in total. The molecule has 21 heavy (non-hydrogen) atoms. The molecule has 0 aromatic carbocycles. The van der Waals surface area contributed by atoms with Gasteiger partial charge in [0.25, 0.3) is 0 Å². The van der Waals surface area contributed by atoms with Gasteiger partial charge in [0.2, 0.25) is 5.91 Å². The largest absolute Gasteiger partial charge is 0.342 e. The van der Waals surface area contributed by atoms with E-state index in [-0.39, 0.29) is 34.8 Å². The molecule has 1 amide bonds. The van der Waals surface area contributed by atoms with Crippen LogP contribution in [0.15, 0.2) is 0 Å². The lowest BCUT2D eigenvalue weighted by Crippen LogP contribution is -2.54. The van der Waals surface area contributed by atoms with Crippen molar-refractivity contribution >= 4 is 15.7 Å². The van der Waals surface area contributed by atoms with E-state index >= 15 is 0 Å². The average molecular weight is 316 g/mol. The first-order valence-electron chi connectivity index (χ1n) is 7.97. The van der Waals surface area contributed by atoms with Gasteiger partial charge in [0, 0.05) is 25.6 Å². The molecule has 1 unspecified atom stereocenters. The van der Waals surface area contributed by atoms with Crippen molar-refractivity contribution in [2.75, 3.05) is 18.8 Å². The average Bonchev–Trinajstić information content (AvgIpc) is 2.94. The van der Waals surface area contributed by atoms with Gasteiger partial charge in [-0.3, -0.25) is 4.79 Å². The standard InChI is InChI=1S/C15H28N2O3S/c1-15(2)11-17(9-7-13(15)16)14(18)8-10-21(19,20)12-5-3-4-6-12/h12-13H,3-11,16H2,1-2H3. The van der Waals surface area contributed by atoms with Crippen molar-refractivity contribution in [1.82, 2.24) is 4.90 Å². The first kappa shape index (κ1) is 16.7. The zero-order valence-corrected chi connectivity index (χ0v) is 14.0. The highest BCUT2D eigenvalue weighted by Gasteiger charge is 2.36. The number of hydrogen-bond acceptors (Lipinski definition) is 4. The molecule has 0 spiro atoms. The number of carbonyl (C=O) groups excluding carboxylic acids is 1. The number of carbonyl (C=O) groups is 1. The summed E-state index contributed by atoms with van der Waals surface area (Å²) in [4.78, 5) is 14.1. The highest BCUT2D eigenvalue weighted by atomic mass is 32.2. The summed E-state index contributed by atoms with van der Waals surface area (Å²) in [5, 5.41) is -0.212. The van der Waals surface area contributed by atoms with Crippen LogP contribution in [-0.2, 0) is 14.6 Å². The summed E-state index contributed by atoms with van der Waals surface area (Å²) in [6.07, 6.45) is 4.43. The fourth-order valence-corrected chi connectivity index (χ4v) is 5.23. The number of amides is 1. The Balaban J connectivity index is 1.87. The lowest BCUT2D eigenvalue weighted by atomic mass is 9.79. The van der Waals surface area contributed by atoms with E-state index < -0.39 is 9.84 Å². The summed E-state index contributed by atoms with van der Waals surface area (Å²) in [5.41, 5.74) is 5.97. The Bertz CT molecular complexity index is 481. The molecule has 1 aliphatic heterocycles. The molecule has 0 aromatic rings. The zero-order chi connectivity index (χ0) is 15.7. The molecule has 2 rings (SSSR count). The summed E-state index contributed by atoms with van der Waals surface area (Å²) < 4.78 is 24.4. The number of nitrogens with two attached hydrogens (primary N) is 1. The Kier molecular flexibility index (Phi) is 4.98. The van der Waals surface area contributed by atoms with Gasteiger partial charge < -0.3 is 10.6 Å². The highest BCUT2D eigenvalue weighted by molar-refractivity contribution is 7.92. The third kappa shape index (κ3) is 3.97. The maximum atomic E-state index is 12.3. The number of sulfone groups is 1. The van der Waals surface area contributed by atoms with E-state index in [9.17, 15) is 13.2 Å². The van der Waals surface area contributed by atoms with Gasteiger partial charge in [-0.1, -0.05) is 26.7 Å². The third-order valence-electron chi connectivity index (χ3n) is 5.08. The van der Waals surface area contributed by atoms with Crippen molar-refractivity contribution in [3.8, 4) is 0 Å². The lowest BCUT2D eigenvalue weighted by Gasteiger charge is -2.42. The van der Waals surface area contributed by atoms with Crippen LogP contribution >= 0.6 is 0 Å². The summed E-state index contributed by atoms with van der Waals surface area (Å²) in [6.45, 7) is 5.39. The van der Waals surface area contributed by atoms with Crippen LogP contribution in [0.2, 0.25) is 0 Å². The van der Waals surface area contributed by atoms with E-state index in [1.165, 1.54) is 0 Å². The number of nitrogens with zero attached hydrogens (tertiary/aromatic N) is 1. The molecule has 2 aliphatic rings. The number of likely N-dealkylation sites (tertiary alicyclic amines) is 1. The van der Waals surface area contributed by atoms with Crippen LogP contribution < -0.4 is 5.73 Å². The quantitative estimate of drug-likeness (QED) is 0.848. The van der Waals surface area contributed by atoms with Gasteiger partial charge in [-0.15, -0.1) is 0 Å². The molecular formula is C15H28N2O3S. The maximum absolute atomic E-state index is 12.3. The topological polar surface area (TPSA) is 80.5 Å². The van der Waals surface area contributed by atoms with E-state index in [2.05, 4.69) is 13.8 Å². The van der Waals surface area contributed by atoms with Crippen molar-refractivity contribution in [3.05, 3.63) is 0 Å². The minimum atomic E-state index is -3.11. The molecular weight excluding hydrogens is 288 g/mol. The van der Waals surface area contributed by atoms with Crippen molar-refractivity contribution < 1.29 is 13.2 Å². The van der Waals surface area contributed by atoms with Crippen molar-refractivity contribution in [2.24, 2.45) is 11.1 Å². The molecule has 1 saturated heterocycles. The van der Waals surface area contributed by atoms with Crippen LogP contribution in [0.25, 0.3) is 0 Å². The monoisotopic (exact) mass is 316 g/mol. The Morgan fingerprint density at radius 1 is 1.24 bits per heavy atom. The van der Waals surface area contributed by atoms with Crippen molar-refractivity contribution in [2.45, 2.75) is 63.7 Å². The predicted octanol–water partition coefficient (Wildman–Crippen LogP) is 1.32. The first-order valence-corrected chi connectivity index (χ1v) is 9.69. The molecule has 0 bridgehead atoms. The number of hydrogen-bond donors (Lipinski definition) is 1. The fourth-order valence-electron chi connectivity index (χ4n) is 3.39. The molecule has 2 fully saturated rings. The highest BCUT2D eigenvalue weighted by Crippen LogP contribution is 2.29. The van der Waals surface area contributed by atoms with Crippen LogP contribution in [0, 0.1) is 5.41 Å². The maximum Gasteiger partial charge on any atom is 0.223 e. The van der Waals surface area contributed by atoms with Gasteiger partial charge in [-0.05, 0) is 24.7 Å². The van der Waals surface area contributed by atoms with Crippen molar-refractivity contribution in [3.63, 3.8) is 0 Å². The minimum absolute atomic E-state index is 0.000514. The van der Waals surface area contributed by atoms with Gasteiger partial charge in [-0.2, -0.15) is 0 Å². The summed E-state index contributed by atoms with van der Waals surface area (Å²) in [7, 11) is -3.11. The van der Waals surface area contributed by atoms with Gasteiger partial charge in [0.05, 0.1) is 11.0 Å². The SMILES string of the molecule is CC1(C)CN(C(=O)CCS(=O)(=O)C2CCCC2)CCC1N. The summed E-state index contributed by atoms with van der Waals surface area (Å²) in [5.74, 6) is -0.0454. The van der Waals surface area contributed by atoms with Crippen LogP contribution in [0.3, 0.4) is 0 Å². The van der Waals surface area contributed by atoms with E-state index in [0.717, 1.165) is 32.1 Å². The second kappa shape index (κ2) is 6.24. The number of rotatable bonds is 4. The van der Waals surface area contributed by atoms with E-state index in [1.807, 2.05) is 0 Å². The Labute approximate surface area is 128 Å². The fraction of sp³-hybridized carbons (Fsp3) is 0.933. The molecule has 5 nitrogen and oxygen atoms in total. The van der Waals surface area contributed by atoms with Crippen molar-refractivity contribution in [1.29, 1.82) is 0 Å².